The average molecular weight is 128 g/mol. The van der Waals surface area contributed by atoms with Gasteiger partial charge in [-0.1, -0.05) is 0 Å². The second kappa shape index (κ2) is 3.06. The molecule has 0 amide bonds. The molecule has 0 unspecified atom stereocenters. The summed E-state index contributed by atoms with van der Waals surface area (Å²) in [5.41, 5.74) is 6.03. The zero-order valence-corrected chi connectivity index (χ0v) is 5.50. The number of rotatable bonds is 0. The van der Waals surface area contributed by atoms with Crippen LogP contribution >= 0.6 is 0 Å². The van der Waals surface area contributed by atoms with Crippen molar-refractivity contribution in [1.82, 2.24) is 0 Å². The van der Waals surface area contributed by atoms with Gasteiger partial charge in [0.25, 0.3) is 0 Å². The van der Waals surface area contributed by atoms with Crippen molar-refractivity contribution in [3.8, 4) is 0 Å². The first kappa shape index (κ1) is 6.99. The maximum Gasteiger partial charge on any atom is 0 e. The van der Waals surface area contributed by atoms with Crippen LogP contribution < -0.4 is 5.73 Å². The maximum absolute atomic E-state index is 5.25. The van der Waals surface area contributed by atoms with Crippen molar-refractivity contribution in [3.63, 3.8) is 0 Å². The first-order valence-electron chi connectivity index (χ1n) is 1.92. The van der Waals surface area contributed by atoms with Crippen LogP contribution in [0.1, 0.15) is 6.42 Å². The van der Waals surface area contributed by atoms with Gasteiger partial charge >= 0.3 is 0 Å². The molecule has 0 bridgehead atoms. The van der Waals surface area contributed by atoms with Gasteiger partial charge < -0.3 is 5.73 Å². The fourth-order valence-electron chi connectivity index (χ4n) is 0.422. The van der Waals surface area contributed by atoms with E-state index in [0.29, 0.717) is 0 Å². The SMILES string of the molecule is NC1=[C-]CC=C1.[Ti]. The third kappa shape index (κ3) is 1.95. The van der Waals surface area contributed by atoms with Crippen molar-refractivity contribution in [1.29, 1.82) is 0 Å². The average Bonchev–Trinajstić information content (AvgIpc) is 1.86. The molecule has 0 saturated carbocycles. The first-order chi connectivity index (χ1) is 2.89. The van der Waals surface area contributed by atoms with Gasteiger partial charge in [-0.15, -0.1) is 12.1 Å². The van der Waals surface area contributed by atoms with Gasteiger partial charge in [-0.3, -0.25) is 0 Å². The Morgan fingerprint density at radius 3 is 2.57 bits per heavy atom. The Morgan fingerprint density at radius 2 is 2.43 bits per heavy atom. The predicted octanol–water partition coefficient (Wildman–Crippen LogP) is 0.590. The minimum atomic E-state index is 0. The van der Waals surface area contributed by atoms with Gasteiger partial charge in [0, 0.05) is 21.7 Å². The monoisotopic (exact) mass is 128 g/mol. The number of hydrogen-bond acceptors (Lipinski definition) is 1. The molecule has 7 heavy (non-hydrogen) atoms. The Kier molecular flexibility index (Phi) is 3.05. The molecule has 2 N–H and O–H groups in total. The Hall–Kier alpha value is -0.00571. The Balaban J connectivity index is 0.000000360. The largest absolute Gasteiger partial charge is 0.431 e. The zero-order valence-electron chi connectivity index (χ0n) is 3.94. The van der Waals surface area contributed by atoms with Crippen LogP contribution in [0.3, 0.4) is 0 Å². The van der Waals surface area contributed by atoms with Crippen LogP contribution in [-0.4, -0.2) is 0 Å². The summed E-state index contributed by atoms with van der Waals surface area (Å²) in [4.78, 5) is 0. The number of nitrogens with two attached hydrogens (primary N) is 1. The van der Waals surface area contributed by atoms with Crippen LogP contribution in [0, 0.1) is 6.08 Å². The van der Waals surface area contributed by atoms with Crippen molar-refractivity contribution >= 4 is 0 Å². The standard InChI is InChI=1S/C5H6N.Ti/c6-5-3-1-2-4-5;/h1,3H,2,6H2;/q-1;. The summed E-state index contributed by atoms with van der Waals surface area (Å²) in [6, 6.07) is 0. The quantitative estimate of drug-likeness (QED) is 0.375. The molecule has 0 fully saturated rings. The summed E-state index contributed by atoms with van der Waals surface area (Å²) in [5.74, 6) is 0. The molecule has 36 valence electrons. The number of allylic oxidation sites excluding steroid dienone is 3. The van der Waals surface area contributed by atoms with Crippen molar-refractivity contribution in [2.24, 2.45) is 5.73 Å². The third-order valence-electron chi connectivity index (χ3n) is 0.721. The molecule has 1 nitrogen and oxygen atoms in total. The summed E-state index contributed by atoms with van der Waals surface area (Å²) in [6.45, 7) is 0. The van der Waals surface area contributed by atoms with E-state index in [9.17, 15) is 0 Å². The van der Waals surface area contributed by atoms with Crippen molar-refractivity contribution in [2.45, 2.75) is 6.42 Å². The van der Waals surface area contributed by atoms with Crippen LogP contribution in [0.15, 0.2) is 17.8 Å². The summed E-state index contributed by atoms with van der Waals surface area (Å²) in [7, 11) is 0. The van der Waals surface area contributed by atoms with Crippen LogP contribution in [-0.2, 0) is 21.7 Å². The molecule has 0 saturated heterocycles. The Morgan fingerprint density at radius 1 is 1.71 bits per heavy atom. The molecule has 0 aliphatic heterocycles. The normalized spacial score (nSPS) is 15.7. The molecule has 0 aromatic heterocycles. The molecular formula is C5H6NTi-. The molecule has 0 radical (unpaired) electrons. The van der Waals surface area contributed by atoms with E-state index in [1.807, 2.05) is 12.2 Å². The second-order valence-corrected chi connectivity index (χ2v) is 1.24. The van der Waals surface area contributed by atoms with E-state index < -0.39 is 0 Å². The zero-order chi connectivity index (χ0) is 4.41. The van der Waals surface area contributed by atoms with E-state index >= 15 is 0 Å². The minimum absolute atomic E-state index is 0. The first-order valence-corrected chi connectivity index (χ1v) is 1.92. The van der Waals surface area contributed by atoms with Crippen LogP contribution in [0.5, 0.6) is 0 Å². The van der Waals surface area contributed by atoms with Gasteiger partial charge in [-0.25, -0.2) is 6.08 Å². The van der Waals surface area contributed by atoms with E-state index in [2.05, 4.69) is 6.08 Å². The van der Waals surface area contributed by atoms with Crippen LogP contribution in [0.25, 0.3) is 0 Å². The van der Waals surface area contributed by atoms with E-state index in [1.165, 1.54) is 0 Å². The third-order valence-corrected chi connectivity index (χ3v) is 0.721. The van der Waals surface area contributed by atoms with Gasteiger partial charge in [0.1, 0.15) is 0 Å². The molecular weight excluding hydrogens is 122 g/mol. The van der Waals surface area contributed by atoms with Gasteiger partial charge in [0.2, 0.25) is 0 Å². The molecule has 0 aromatic carbocycles. The summed E-state index contributed by atoms with van der Waals surface area (Å²) < 4.78 is 0. The fraction of sp³-hybridized carbons (Fsp3) is 0.200. The predicted molar refractivity (Wildman–Crippen MR) is 24.7 cm³/mol. The van der Waals surface area contributed by atoms with E-state index in [4.69, 9.17) is 5.73 Å². The topological polar surface area (TPSA) is 26.0 Å². The van der Waals surface area contributed by atoms with E-state index in [0.717, 1.165) is 12.1 Å². The second-order valence-electron chi connectivity index (χ2n) is 1.24. The maximum atomic E-state index is 5.25. The molecule has 0 spiro atoms. The van der Waals surface area contributed by atoms with Crippen LogP contribution in [0.2, 0.25) is 0 Å². The van der Waals surface area contributed by atoms with Gasteiger partial charge in [0.05, 0.1) is 0 Å². The van der Waals surface area contributed by atoms with Crippen molar-refractivity contribution < 1.29 is 21.7 Å². The molecule has 1 aliphatic rings. The summed E-state index contributed by atoms with van der Waals surface area (Å²) in [6.07, 6.45) is 7.64. The minimum Gasteiger partial charge on any atom is -0.431 e. The Labute approximate surface area is 58.2 Å². The molecule has 0 aromatic rings. The number of hydrogen-bond donors (Lipinski definition) is 1. The van der Waals surface area contributed by atoms with Gasteiger partial charge in [-0.2, -0.15) is 12.2 Å². The molecule has 0 heterocycles. The molecule has 1 aliphatic carbocycles. The van der Waals surface area contributed by atoms with E-state index in [-0.39, 0.29) is 21.7 Å². The van der Waals surface area contributed by atoms with E-state index in [1.54, 1.807) is 0 Å². The molecule has 1 rings (SSSR count). The van der Waals surface area contributed by atoms with Gasteiger partial charge in [-0.05, 0) is 0 Å². The van der Waals surface area contributed by atoms with Gasteiger partial charge in [0.15, 0.2) is 0 Å². The fourth-order valence-corrected chi connectivity index (χ4v) is 0.422. The van der Waals surface area contributed by atoms with Crippen LogP contribution in [0.4, 0.5) is 0 Å². The molecule has 2 heteroatoms. The summed E-state index contributed by atoms with van der Waals surface area (Å²) in [5, 5.41) is 0. The smallest absolute Gasteiger partial charge is 0 e. The van der Waals surface area contributed by atoms with Crippen molar-refractivity contribution in [3.05, 3.63) is 23.9 Å². The molecule has 0 atom stereocenters. The Bertz CT molecular complexity index is 102. The summed E-state index contributed by atoms with van der Waals surface area (Å²) >= 11 is 0. The van der Waals surface area contributed by atoms with Crippen molar-refractivity contribution in [2.75, 3.05) is 0 Å².